The minimum absolute atomic E-state index is 0.244. The third-order valence-electron chi connectivity index (χ3n) is 1.75. The predicted molar refractivity (Wildman–Crippen MR) is 54.7 cm³/mol. The van der Waals surface area contributed by atoms with E-state index in [0.29, 0.717) is 6.61 Å². The summed E-state index contributed by atoms with van der Waals surface area (Å²) in [5.74, 6) is 1.57. The van der Waals surface area contributed by atoms with Crippen molar-refractivity contribution in [3.63, 3.8) is 0 Å². The molecule has 0 saturated heterocycles. The summed E-state index contributed by atoms with van der Waals surface area (Å²) in [6.45, 7) is 4.45. The van der Waals surface area contributed by atoms with Crippen LogP contribution in [0.5, 0.6) is 11.5 Å². The zero-order chi connectivity index (χ0) is 10.4. The van der Waals surface area contributed by atoms with Gasteiger partial charge in [0.2, 0.25) is 0 Å². The van der Waals surface area contributed by atoms with Crippen molar-refractivity contribution in [2.45, 2.75) is 20.1 Å². The van der Waals surface area contributed by atoms with E-state index in [-0.39, 0.29) is 6.29 Å². The van der Waals surface area contributed by atoms with Crippen LogP contribution in [0.4, 0.5) is 0 Å². The molecule has 0 spiro atoms. The van der Waals surface area contributed by atoms with Gasteiger partial charge >= 0.3 is 0 Å². The topological polar surface area (TPSA) is 27.7 Å². The van der Waals surface area contributed by atoms with Crippen molar-refractivity contribution >= 4 is 0 Å². The Labute approximate surface area is 84.6 Å². The van der Waals surface area contributed by atoms with Crippen molar-refractivity contribution in [1.82, 2.24) is 0 Å². The van der Waals surface area contributed by atoms with E-state index in [1.54, 1.807) is 7.11 Å². The third-order valence-corrected chi connectivity index (χ3v) is 1.75. The largest absolute Gasteiger partial charge is 0.494 e. The third kappa shape index (κ3) is 3.26. The lowest BCUT2D eigenvalue weighted by atomic mass is 10.3. The van der Waals surface area contributed by atoms with Gasteiger partial charge in [0, 0.05) is 13.2 Å². The molecule has 0 radical (unpaired) electrons. The number of benzene rings is 1. The molecule has 1 aromatic rings. The van der Waals surface area contributed by atoms with E-state index < -0.39 is 0 Å². The average molecular weight is 196 g/mol. The van der Waals surface area contributed by atoms with Gasteiger partial charge in [0.25, 0.3) is 0 Å². The number of rotatable bonds is 5. The molecule has 1 aromatic carbocycles. The first-order valence-corrected chi connectivity index (χ1v) is 4.68. The minimum atomic E-state index is -0.244. The van der Waals surface area contributed by atoms with Crippen LogP contribution in [-0.4, -0.2) is 20.0 Å². The fourth-order valence-electron chi connectivity index (χ4n) is 1.04. The standard InChI is InChI=1S/C11H16O3/c1-4-13-10-6-5-7-11(8-10)14-9(2)12-3/h5-9H,4H2,1-3H3. The molecule has 1 unspecified atom stereocenters. The Balaban J connectivity index is 2.63. The summed E-state index contributed by atoms with van der Waals surface area (Å²) in [6, 6.07) is 7.51. The maximum Gasteiger partial charge on any atom is 0.196 e. The molecule has 3 nitrogen and oxygen atoms in total. The number of methoxy groups -OCH3 is 1. The van der Waals surface area contributed by atoms with Crippen molar-refractivity contribution in [1.29, 1.82) is 0 Å². The van der Waals surface area contributed by atoms with Crippen molar-refractivity contribution < 1.29 is 14.2 Å². The first kappa shape index (κ1) is 10.9. The van der Waals surface area contributed by atoms with E-state index >= 15 is 0 Å². The molecule has 0 heterocycles. The molecule has 0 bridgehead atoms. The van der Waals surface area contributed by atoms with Crippen LogP contribution in [0.2, 0.25) is 0 Å². The normalized spacial score (nSPS) is 12.2. The van der Waals surface area contributed by atoms with Crippen molar-refractivity contribution in [2.75, 3.05) is 13.7 Å². The van der Waals surface area contributed by atoms with Crippen LogP contribution < -0.4 is 9.47 Å². The Bertz CT molecular complexity index is 273. The molecule has 0 N–H and O–H groups in total. The minimum Gasteiger partial charge on any atom is -0.494 e. The molecule has 0 aromatic heterocycles. The summed E-state index contributed by atoms with van der Waals surface area (Å²) in [5, 5.41) is 0. The Morgan fingerprint density at radius 2 is 2.00 bits per heavy atom. The van der Waals surface area contributed by atoms with Crippen molar-refractivity contribution in [2.24, 2.45) is 0 Å². The maximum atomic E-state index is 5.45. The van der Waals surface area contributed by atoms with Gasteiger partial charge in [0.1, 0.15) is 11.5 Å². The lowest BCUT2D eigenvalue weighted by Crippen LogP contribution is -2.13. The summed E-state index contributed by atoms with van der Waals surface area (Å²) in [5.41, 5.74) is 0. The van der Waals surface area contributed by atoms with Gasteiger partial charge in [-0.25, -0.2) is 0 Å². The lowest BCUT2D eigenvalue weighted by molar-refractivity contribution is -0.0383. The van der Waals surface area contributed by atoms with Crippen LogP contribution in [0.3, 0.4) is 0 Å². The smallest absolute Gasteiger partial charge is 0.196 e. The molecule has 1 atom stereocenters. The van der Waals surface area contributed by atoms with Crippen LogP contribution in [0.15, 0.2) is 24.3 Å². The molecule has 14 heavy (non-hydrogen) atoms. The maximum absolute atomic E-state index is 5.45. The molecule has 0 aliphatic carbocycles. The van der Waals surface area contributed by atoms with Gasteiger partial charge in [-0.15, -0.1) is 0 Å². The molecular formula is C11H16O3. The monoisotopic (exact) mass is 196 g/mol. The van der Waals surface area contributed by atoms with Crippen LogP contribution in [0, 0.1) is 0 Å². The number of hydrogen-bond acceptors (Lipinski definition) is 3. The van der Waals surface area contributed by atoms with Crippen LogP contribution in [0.1, 0.15) is 13.8 Å². The summed E-state index contributed by atoms with van der Waals surface area (Å²) in [6.07, 6.45) is -0.244. The van der Waals surface area contributed by atoms with E-state index in [4.69, 9.17) is 14.2 Å². The zero-order valence-electron chi connectivity index (χ0n) is 8.82. The van der Waals surface area contributed by atoms with E-state index in [9.17, 15) is 0 Å². The number of ether oxygens (including phenoxy) is 3. The second kappa shape index (κ2) is 5.50. The van der Waals surface area contributed by atoms with Gasteiger partial charge in [-0.1, -0.05) is 6.07 Å². The summed E-state index contributed by atoms with van der Waals surface area (Å²) < 4.78 is 15.8. The highest BCUT2D eigenvalue weighted by atomic mass is 16.7. The number of hydrogen-bond donors (Lipinski definition) is 0. The molecule has 0 aliphatic rings. The Morgan fingerprint density at radius 1 is 1.29 bits per heavy atom. The fraction of sp³-hybridized carbons (Fsp3) is 0.455. The predicted octanol–water partition coefficient (Wildman–Crippen LogP) is 2.46. The van der Waals surface area contributed by atoms with Gasteiger partial charge < -0.3 is 14.2 Å². The Hall–Kier alpha value is -1.22. The van der Waals surface area contributed by atoms with E-state index in [2.05, 4.69) is 0 Å². The van der Waals surface area contributed by atoms with Gasteiger partial charge in [-0.3, -0.25) is 0 Å². The lowest BCUT2D eigenvalue weighted by Gasteiger charge is -2.13. The van der Waals surface area contributed by atoms with Crippen molar-refractivity contribution in [3.8, 4) is 11.5 Å². The van der Waals surface area contributed by atoms with Gasteiger partial charge in [0.05, 0.1) is 6.61 Å². The first-order chi connectivity index (χ1) is 6.76. The fourth-order valence-corrected chi connectivity index (χ4v) is 1.04. The highest BCUT2D eigenvalue weighted by molar-refractivity contribution is 5.32. The molecule has 0 fully saturated rings. The van der Waals surface area contributed by atoms with Gasteiger partial charge in [-0.05, 0) is 26.0 Å². The SMILES string of the molecule is CCOc1cccc(OC(C)OC)c1. The van der Waals surface area contributed by atoms with Gasteiger partial charge in [-0.2, -0.15) is 0 Å². The Morgan fingerprint density at radius 3 is 2.64 bits per heavy atom. The van der Waals surface area contributed by atoms with E-state index in [1.165, 1.54) is 0 Å². The second-order valence-corrected chi connectivity index (χ2v) is 2.83. The molecule has 1 rings (SSSR count). The molecule has 3 heteroatoms. The Kier molecular flexibility index (Phi) is 4.26. The summed E-state index contributed by atoms with van der Waals surface area (Å²) in [7, 11) is 1.61. The molecule has 0 saturated carbocycles. The van der Waals surface area contributed by atoms with E-state index in [0.717, 1.165) is 11.5 Å². The quantitative estimate of drug-likeness (QED) is 0.677. The zero-order valence-corrected chi connectivity index (χ0v) is 8.82. The second-order valence-electron chi connectivity index (χ2n) is 2.83. The summed E-state index contributed by atoms with van der Waals surface area (Å²) >= 11 is 0. The summed E-state index contributed by atoms with van der Waals surface area (Å²) in [4.78, 5) is 0. The van der Waals surface area contributed by atoms with Gasteiger partial charge in [0.15, 0.2) is 6.29 Å². The first-order valence-electron chi connectivity index (χ1n) is 4.68. The van der Waals surface area contributed by atoms with Crippen LogP contribution >= 0.6 is 0 Å². The highest BCUT2D eigenvalue weighted by Crippen LogP contribution is 2.20. The molecule has 78 valence electrons. The van der Waals surface area contributed by atoms with Crippen LogP contribution in [-0.2, 0) is 4.74 Å². The van der Waals surface area contributed by atoms with E-state index in [1.807, 2.05) is 38.1 Å². The molecule has 0 aliphatic heterocycles. The van der Waals surface area contributed by atoms with Crippen molar-refractivity contribution in [3.05, 3.63) is 24.3 Å². The highest BCUT2D eigenvalue weighted by Gasteiger charge is 2.02. The van der Waals surface area contributed by atoms with Crippen LogP contribution in [0.25, 0.3) is 0 Å². The average Bonchev–Trinajstić information content (AvgIpc) is 2.19. The molecular weight excluding hydrogens is 180 g/mol. The molecule has 0 amide bonds.